The van der Waals surface area contributed by atoms with E-state index in [0.29, 0.717) is 6.42 Å². The molecule has 2 aliphatic rings. The second kappa shape index (κ2) is 21.0. The average Bonchev–Trinajstić information content (AvgIpc) is 3.01. The largest absolute Gasteiger partial charge is 0.481 e. The van der Waals surface area contributed by atoms with Gasteiger partial charge in [-0.25, -0.2) is 0 Å². The molecule has 0 radical (unpaired) electrons. The zero-order valence-corrected chi connectivity index (χ0v) is 26.0. The number of carbonyl (C=O) groups is 3. The molecule has 10 unspecified atom stereocenters. The van der Waals surface area contributed by atoms with Crippen LogP contribution in [0.2, 0.25) is 0 Å². The maximum absolute atomic E-state index is 12.3. The number of ether oxygens (including phenoxy) is 5. The molecular weight excluding hydrogens is 600 g/mol. The molecule has 0 aromatic heterocycles. The minimum Gasteiger partial charge on any atom is -0.481 e. The number of carboxylic acid groups (broad SMARTS) is 1. The Balaban J connectivity index is 1.78. The molecule has 10 atom stereocenters. The van der Waals surface area contributed by atoms with Gasteiger partial charge in [-0.1, -0.05) is 71.1 Å². The normalized spacial score (nSPS) is 31.8. The Morgan fingerprint density at radius 2 is 0.933 bits per heavy atom. The van der Waals surface area contributed by atoms with Crippen LogP contribution in [0.1, 0.15) is 96.8 Å². The summed E-state index contributed by atoms with van der Waals surface area (Å²) < 4.78 is 26.5. The third kappa shape index (κ3) is 13.7. The van der Waals surface area contributed by atoms with Gasteiger partial charge in [-0.2, -0.15) is 0 Å². The predicted octanol–water partition coefficient (Wildman–Crippen LogP) is 0.271. The van der Waals surface area contributed by atoms with Crippen molar-refractivity contribution in [2.24, 2.45) is 0 Å². The number of carbonyl (C=O) groups excluding carboxylic acids is 2. The number of aliphatic hydroxyl groups excluding tert-OH is 6. The highest BCUT2D eigenvalue weighted by Crippen LogP contribution is 2.28. The van der Waals surface area contributed by atoms with E-state index in [9.17, 15) is 45.0 Å². The van der Waals surface area contributed by atoms with Gasteiger partial charge in [0.15, 0.2) is 12.6 Å². The molecule has 2 heterocycles. The van der Waals surface area contributed by atoms with Crippen molar-refractivity contribution in [2.45, 2.75) is 158 Å². The number of hydrogen-bond donors (Lipinski definition) is 7. The third-order valence-electron chi connectivity index (χ3n) is 7.95. The molecular formula is C30H52O15. The number of carboxylic acids is 1. The van der Waals surface area contributed by atoms with E-state index in [1.54, 1.807) is 0 Å². The van der Waals surface area contributed by atoms with Gasteiger partial charge in [0.25, 0.3) is 0 Å². The van der Waals surface area contributed by atoms with Crippen molar-refractivity contribution >= 4 is 17.9 Å². The first-order chi connectivity index (χ1) is 21.5. The zero-order valence-electron chi connectivity index (χ0n) is 26.0. The monoisotopic (exact) mass is 652 g/mol. The first kappa shape index (κ1) is 39.2. The fraction of sp³-hybridized carbons (Fsp3) is 0.900. The molecule has 2 rings (SSSR count). The highest BCUT2D eigenvalue weighted by atomic mass is 16.8. The quantitative estimate of drug-likeness (QED) is 0.0650. The average molecular weight is 653 g/mol. The minimum atomic E-state index is -1.87. The van der Waals surface area contributed by atoms with Gasteiger partial charge in [-0.05, 0) is 6.42 Å². The van der Waals surface area contributed by atoms with Gasteiger partial charge in [-0.3, -0.25) is 14.4 Å². The molecule has 0 amide bonds. The molecule has 2 aliphatic heterocycles. The molecule has 15 nitrogen and oxygen atoms in total. The fourth-order valence-electron chi connectivity index (χ4n) is 5.10. The van der Waals surface area contributed by atoms with Crippen molar-refractivity contribution in [3.05, 3.63) is 0 Å². The number of unbranched alkanes of at least 4 members (excludes halogenated alkanes) is 10. The van der Waals surface area contributed by atoms with Crippen LogP contribution in [0, 0.1) is 0 Å². The van der Waals surface area contributed by atoms with Crippen LogP contribution in [0.4, 0.5) is 0 Å². The summed E-state index contributed by atoms with van der Waals surface area (Å²) in [6.07, 6.45) is -5.39. The van der Waals surface area contributed by atoms with E-state index >= 15 is 0 Å². The lowest BCUT2D eigenvalue weighted by Gasteiger charge is -2.44. The summed E-state index contributed by atoms with van der Waals surface area (Å²) in [5.74, 6) is -2.65. The second-order valence-electron chi connectivity index (χ2n) is 11.7. The van der Waals surface area contributed by atoms with Crippen molar-refractivity contribution in [2.75, 3.05) is 13.2 Å². The number of aliphatic hydroxyl groups is 6. The first-order valence-corrected chi connectivity index (χ1v) is 16.0. The molecule has 2 saturated heterocycles. The second-order valence-corrected chi connectivity index (χ2v) is 11.7. The molecule has 15 heteroatoms. The summed E-state index contributed by atoms with van der Waals surface area (Å²) in [6, 6.07) is 0. The lowest BCUT2D eigenvalue weighted by molar-refractivity contribution is -0.376. The number of rotatable bonds is 21. The van der Waals surface area contributed by atoms with Crippen LogP contribution in [-0.4, -0.2) is 128 Å². The van der Waals surface area contributed by atoms with Crippen LogP contribution in [0.15, 0.2) is 0 Å². The molecule has 0 aromatic carbocycles. The molecule has 45 heavy (non-hydrogen) atoms. The number of esters is 2. The maximum atomic E-state index is 12.3. The molecule has 0 saturated carbocycles. The maximum Gasteiger partial charge on any atom is 0.306 e. The predicted molar refractivity (Wildman–Crippen MR) is 154 cm³/mol. The Bertz CT molecular complexity index is 872. The molecule has 0 aliphatic carbocycles. The van der Waals surface area contributed by atoms with Crippen LogP contribution in [0.5, 0.6) is 0 Å². The summed E-state index contributed by atoms with van der Waals surface area (Å²) in [5, 5.41) is 70.7. The molecule has 262 valence electrons. The lowest BCUT2D eigenvalue weighted by Crippen LogP contribution is -2.64. The van der Waals surface area contributed by atoms with E-state index in [-0.39, 0.29) is 6.42 Å². The Kier molecular flexibility index (Phi) is 18.3. The minimum absolute atomic E-state index is 0.162. The number of aliphatic carboxylic acids is 1. The van der Waals surface area contributed by atoms with E-state index in [0.717, 1.165) is 19.3 Å². The number of hydrogen-bond acceptors (Lipinski definition) is 14. The Labute approximate surface area is 263 Å². The van der Waals surface area contributed by atoms with Gasteiger partial charge >= 0.3 is 17.9 Å². The summed E-state index contributed by atoms with van der Waals surface area (Å²) in [5.41, 5.74) is 0. The van der Waals surface area contributed by atoms with Gasteiger partial charge < -0.3 is 59.4 Å². The van der Waals surface area contributed by atoms with Gasteiger partial charge in [0.05, 0.1) is 12.8 Å². The molecule has 2 fully saturated rings. The summed E-state index contributed by atoms with van der Waals surface area (Å²) in [4.78, 5) is 34.6. The van der Waals surface area contributed by atoms with Gasteiger partial charge in [0.2, 0.25) is 0 Å². The lowest BCUT2D eigenvalue weighted by atomic mass is 9.98. The van der Waals surface area contributed by atoms with Crippen LogP contribution < -0.4 is 0 Å². The van der Waals surface area contributed by atoms with Crippen molar-refractivity contribution < 1.29 is 73.8 Å². The fourth-order valence-corrected chi connectivity index (χ4v) is 5.10. The van der Waals surface area contributed by atoms with Gasteiger partial charge in [-0.15, -0.1) is 0 Å². The van der Waals surface area contributed by atoms with Crippen molar-refractivity contribution in [3.63, 3.8) is 0 Å². The SMILES string of the molecule is CCCCCCCCCCCCCC(=O)OCC1OC(OC2OC(COC(=O)CCC(=O)O)C(O)C(O)C2O)C(O)C(O)C1O. The highest BCUT2D eigenvalue weighted by molar-refractivity contribution is 5.76. The van der Waals surface area contributed by atoms with E-state index in [2.05, 4.69) is 6.92 Å². The van der Waals surface area contributed by atoms with E-state index in [1.807, 2.05) is 0 Å². The van der Waals surface area contributed by atoms with Crippen LogP contribution in [0.3, 0.4) is 0 Å². The summed E-state index contributed by atoms with van der Waals surface area (Å²) in [6.45, 7) is 1.10. The third-order valence-corrected chi connectivity index (χ3v) is 7.95. The summed E-state index contributed by atoms with van der Waals surface area (Å²) in [7, 11) is 0. The van der Waals surface area contributed by atoms with Gasteiger partial charge in [0.1, 0.15) is 62.0 Å². The zero-order chi connectivity index (χ0) is 33.4. The van der Waals surface area contributed by atoms with Crippen LogP contribution in [0.25, 0.3) is 0 Å². The van der Waals surface area contributed by atoms with E-state index in [1.165, 1.54) is 44.9 Å². The van der Waals surface area contributed by atoms with Crippen molar-refractivity contribution in [3.8, 4) is 0 Å². The van der Waals surface area contributed by atoms with E-state index in [4.69, 9.17) is 28.8 Å². The standard InChI is InChI=1S/C30H52O15/c1-2-3-4-5-6-7-8-9-10-11-12-13-21(33)41-16-18-23(35)25(37)27(39)29(43-18)45-30-28(40)26(38)24(36)19(44-30)17-42-22(34)15-14-20(31)32/h18-19,23-30,35-40H,2-17H2,1H3,(H,31,32). The van der Waals surface area contributed by atoms with Gasteiger partial charge in [0, 0.05) is 6.42 Å². The molecule has 0 spiro atoms. The van der Waals surface area contributed by atoms with E-state index < -0.39 is 105 Å². The van der Waals surface area contributed by atoms with Crippen molar-refractivity contribution in [1.82, 2.24) is 0 Å². The van der Waals surface area contributed by atoms with Crippen LogP contribution in [-0.2, 0) is 38.1 Å². The van der Waals surface area contributed by atoms with Crippen molar-refractivity contribution in [1.29, 1.82) is 0 Å². The Hall–Kier alpha value is -1.95. The van der Waals surface area contributed by atoms with Crippen LogP contribution >= 0.6 is 0 Å². The molecule has 0 bridgehead atoms. The topological polar surface area (TPSA) is 239 Å². The highest BCUT2D eigenvalue weighted by Gasteiger charge is 2.50. The Morgan fingerprint density at radius 1 is 0.533 bits per heavy atom. The smallest absolute Gasteiger partial charge is 0.306 e. The summed E-state index contributed by atoms with van der Waals surface area (Å²) >= 11 is 0. The molecule has 7 N–H and O–H groups in total. The first-order valence-electron chi connectivity index (χ1n) is 16.0. The molecule has 0 aromatic rings. The Morgan fingerprint density at radius 3 is 1.36 bits per heavy atom.